The monoisotopic (exact) mass is 316 g/mol. The molecule has 5 nitrogen and oxygen atoms in total. The molecule has 0 unspecified atom stereocenters. The van der Waals surface area contributed by atoms with Crippen LogP contribution in [0.15, 0.2) is 47.6 Å². The Hall–Kier alpha value is -2.89. The zero-order chi connectivity index (χ0) is 16.7. The summed E-state index contributed by atoms with van der Waals surface area (Å²) in [6.45, 7) is 1.47. The fourth-order valence-corrected chi connectivity index (χ4v) is 1.85. The minimum Gasteiger partial charge on any atom is -0.493 e. The second kappa shape index (κ2) is 7.93. The summed E-state index contributed by atoms with van der Waals surface area (Å²) in [5.74, 6) is 0.420. The van der Waals surface area contributed by atoms with E-state index < -0.39 is 0 Å². The minimum absolute atomic E-state index is 0.0996. The van der Waals surface area contributed by atoms with E-state index in [9.17, 15) is 9.18 Å². The number of carbonyl (C=O) groups excluding carboxylic acids is 1. The van der Waals surface area contributed by atoms with E-state index in [1.807, 2.05) is 0 Å². The van der Waals surface area contributed by atoms with Gasteiger partial charge in [0.15, 0.2) is 11.5 Å². The third kappa shape index (κ3) is 4.81. The standard InChI is InChI=1S/C17H17FN2O3/c1-12(21)20-19-10-13-7-8-16(17(9-13)22-2)23-11-14-5-3-4-6-15(14)18/h3-10H,11H2,1-2H3,(H,20,21). The number of amides is 1. The molecule has 0 fully saturated rings. The van der Waals surface area contributed by atoms with Crippen LogP contribution in [0.2, 0.25) is 0 Å². The Labute approximate surface area is 133 Å². The Morgan fingerprint density at radius 2 is 2.04 bits per heavy atom. The number of hydrazone groups is 1. The molecule has 0 atom stereocenters. The molecule has 0 aliphatic heterocycles. The Kier molecular flexibility index (Phi) is 5.68. The lowest BCUT2D eigenvalue weighted by molar-refractivity contribution is -0.118. The Balaban J connectivity index is 2.09. The van der Waals surface area contributed by atoms with E-state index in [-0.39, 0.29) is 18.3 Å². The zero-order valence-electron chi connectivity index (χ0n) is 12.9. The Morgan fingerprint density at radius 3 is 2.74 bits per heavy atom. The molecule has 2 rings (SSSR count). The van der Waals surface area contributed by atoms with Crippen LogP contribution in [0.25, 0.3) is 0 Å². The Morgan fingerprint density at radius 1 is 1.26 bits per heavy atom. The van der Waals surface area contributed by atoms with Gasteiger partial charge in [-0.1, -0.05) is 18.2 Å². The number of hydrogen-bond acceptors (Lipinski definition) is 4. The number of rotatable bonds is 6. The maximum Gasteiger partial charge on any atom is 0.236 e. The highest BCUT2D eigenvalue weighted by Gasteiger charge is 2.07. The second-order valence-corrected chi connectivity index (χ2v) is 4.72. The molecule has 120 valence electrons. The molecule has 0 saturated heterocycles. The molecule has 23 heavy (non-hydrogen) atoms. The summed E-state index contributed by atoms with van der Waals surface area (Å²) < 4.78 is 24.5. The van der Waals surface area contributed by atoms with Gasteiger partial charge in [-0.25, -0.2) is 9.82 Å². The second-order valence-electron chi connectivity index (χ2n) is 4.72. The minimum atomic E-state index is -0.314. The van der Waals surface area contributed by atoms with Gasteiger partial charge in [0.25, 0.3) is 0 Å². The smallest absolute Gasteiger partial charge is 0.236 e. The average molecular weight is 316 g/mol. The van der Waals surface area contributed by atoms with Gasteiger partial charge >= 0.3 is 0 Å². The van der Waals surface area contributed by atoms with Crippen LogP contribution in [-0.2, 0) is 11.4 Å². The average Bonchev–Trinajstić information content (AvgIpc) is 2.54. The van der Waals surface area contributed by atoms with Gasteiger partial charge in [-0.05, 0) is 29.8 Å². The molecule has 0 saturated carbocycles. The largest absolute Gasteiger partial charge is 0.493 e. The zero-order valence-corrected chi connectivity index (χ0v) is 12.9. The van der Waals surface area contributed by atoms with Crippen molar-refractivity contribution in [2.45, 2.75) is 13.5 Å². The van der Waals surface area contributed by atoms with Gasteiger partial charge in [0.05, 0.1) is 13.3 Å². The highest BCUT2D eigenvalue weighted by Crippen LogP contribution is 2.28. The topological polar surface area (TPSA) is 59.9 Å². The van der Waals surface area contributed by atoms with Crippen LogP contribution in [0.3, 0.4) is 0 Å². The van der Waals surface area contributed by atoms with Crippen LogP contribution < -0.4 is 14.9 Å². The van der Waals surface area contributed by atoms with Crippen molar-refractivity contribution in [3.05, 3.63) is 59.4 Å². The summed E-state index contributed by atoms with van der Waals surface area (Å²) in [6, 6.07) is 11.6. The summed E-state index contributed by atoms with van der Waals surface area (Å²) in [4.78, 5) is 10.8. The normalized spacial score (nSPS) is 10.6. The number of carbonyl (C=O) groups is 1. The van der Waals surface area contributed by atoms with Crippen molar-refractivity contribution < 1.29 is 18.7 Å². The van der Waals surface area contributed by atoms with Crippen molar-refractivity contribution >= 4 is 12.1 Å². The number of benzene rings is 2. The fraction of sp³-hybridized carbons (Fsp3) is 0.176. The predicted molar refractivity (Wildman–Crippen MR) is 85.1 cm³/mol. The number of ether oxygens (including phenoxy) is 2. The number of nitrogens with zero attached hydrogens (tertiary/aromatic N) is 1. The molecule has 0 spiro atoms. The molecule has 0 radical (unpaired) electrons. The number of nitrogens with one attached hydrogen (secondary N) is 1. The number of methoxy groups -OCH3 is 1. The molecule has 1 amide bonds. The van der Waals surface area contributed by atoms with Crippen LogP contribution in [0.1, 0.15) is 18.1 Å². The summed E-state index contributed by atoms with van der Waals surface area (Å²) in [5.41, 5.74) is 3.51. The molecule has 2 aromatic carbocycles. The lowest BCUT2D eigenvalue weighted by atomic mass is 10.2. The van der Waals surface area contributed by atoms with Gasteiger partial charge in [-0.3, -0.25) is 4.79 Å². The lowest BCUT2D eigenvalue weighted by Crippen LogP contribution is -2.12. The first-order valence-electron chi connectivity index (χ1n) is 6.94. The first-order chi connectivity index (χ1) is 11.1. The van der Waals surface area contributed by atoms with E-state index in [4.69, 9.17) is 9.47 Å². The molecule has 0 bridgehead atoms. The molecular weight excluding hydrogens is 299 g/mol. The summed E-state index contributed by atoms with van der Waals surface area (Å²) in [5, 5.41) is 3.78. The van der Waals surface area contributed by atoms with Crippen molar-refractivity contribution in [3.63, 3.8) is 0 Å². The highest BCUT2D eigenvalue weighted by molar-refractivity contribution is 5.82. The third-order valence-electron chi connectivity index (χ3n) is 2.96. The molecular formula is C17H17FN2O3. The lowest BCUT2D eigenvalue weighted by Gasteiger charge is -2.11. The van der Waals surface area contributed by atoms with Crippen LogP contribution in [0, 0.1) is 5.82 Å². The first kappa shape index (κ1) is 16.5. The number of hydrogen-bond donors (Lipinski definition) is 1. The van der Waals surface area contributed by atoms with Crippen molar-refractivity contribution in [1.82, 2.24) is 5.43 Å². The molecule has 0 aliphatic rings. The fourth-order valence-electron chi connectivity index (χ4n) is 1.85. The maximum absolute atomic E-state index is 13.6. The first-order valence-corrected chi connectivity index (χ1v) is 6.94. The van der Waals surface area contributed by atoms with E-state index in [1.165, 1.54) is 26.3 Å². The van der Waals surface area contributed by atoms with Gasteiger partial charge in [0, 0.05) is 12.5 Å². The van der Waals surface area contributed by atoms with Gasteiger partial charge in [-0.2, -0.15) is 5.10 Å². The van der Waals surface area contributed by atoms with E-state index in [0.717, 1.165) is 5.56 Å². The molecule has 0 aliphatic carbocycles. The SMILES string of the molecule is COc1cc(C=NNC(C)=O)ccc1OCc1ccccc1F. The molecule has 6 heteroatoms. The molecule has 0 heterocycles. The van der Waals surface area contributed by atoms with Crippen LogP contribution in [-0.4, -0.2) is 19.2 Å². The summed E-state index contributed by atoms with van der Waals surface area (Å²) >= 11 is 0. The van der Waals surface area contributed by atoms with Crippen molar-refractivity contribution in [2.75, 3.05) is 7.11 Å². The highest BCUT2D eigenvalue weighted by atomic mass is 19.1. The Bertz CT molecular complexity index is 717. The van der Waals surface area contributed by atoms with Crippen molar-refractivity contribution in [1.29, 1.82) is 0 Å². The van der Waals surface area contributed by atoms with Gasteiger partial charge in [-0.15, -0.1) is 0 Å². The van der Waals surface area contributed by atoms with Crippen LogP contribution >= 0.6 is 0 Å². The third-order valence-corrected chi connectivity index (χ3v) is 2.96. The van der Waals surface area contributed by atoms with Gasteiger partial charge in [0.2, 0.25) is 5.91 Å². The summed E-state index contributed by atoms with van der Waals surface area (Å²) in [6.07, 6.45) is 1.49. The molecule has 0 aromatic heterocycles. The molecule has 1 N–H and O–H groups in total. The summed E-state index contributed by atoms with van der Waals surface area (Å²) in [7, 11) is 1.51. The van der Waals surface area contributed by atoms with Crippen LogP contribution in [0.4, 0.5) is 4.39 Å². The van der Waals surface area contributed by atoms with Crippen LogP contribution in [0.5, 0.6) is 11.5 Å². The van der Waals surface area contributed by atoms with Crippen molar-refractivity contribution in [3.8, 4) is 11.5 Å². The van der Waals surface area contributed by atoms with Gasteiger partial charge in [0.1, 0.15) is 12.4 Å². The number of halogens is 1. The predicted octanol–water partition coefficient (Wildman–Crippen LogP) is 2.88. The van der Waals surface area contributed by atoms with Crippen molar-refractivity contribution in [2.24, 2.45) is 5.10 Å². The van der Waals surface area contributed by atoms with E-state index in [0.29, 0.717) is 17.1 Å². The maximum atomic E-state index is 13.6. The quantitative estimate of drug-likeness (QED) is 0.658. The van der Waals surface area contributed by atoms with E-state index in [2.05, 4.69) is 10.5 Å². The van der Waals surface area contributed by atoms with E-state index in [1.54, 1.807) is 36.4 Å². The molecule has 2 aromatic rings. The van der Waals surface area contributed by atoms with E-state index >= 15 is 0 Å². The van der Waals surface area contributed by atoms with Gasteiger partial charge < -0.3 is 9.47 Å².